The number of aromatic nitrogens is 1. The molecule has 0 aliphatic heterocycles. The van der Waals surface area contributed by atoms with E-state index in [9.17, 15) is 0 Å². The Balaban J connectivity index is 1.94. The monoisotopic (exact) mass is 309 g/mol. The Kier molecular flexibility index (Phi) is 4.07. The molecule has 0 saturated heterocycles. The number of nitrogens with zero attached hydrogens (tertiary/aromatic N) is 2. The van der Waals surface area contributed by atoms with Gasteiger partial charge in [-0.25, -0.2) is 0 Å². The van der Waals surface area contributed by atoms with E-state index in [1.807, 2.05) is 43.3 Å². The van der Waals surface area contributed by atoms with Crippen molar-refractivity contribution in [1.29, 1.82) is 0 Å². The van der Waals surface area contributed by atoms with Crippen LogP contribution in [-0.2, 0) is 0 Å². The van der Waals surface area contributed by atoms with Crippen LogP contribution in [0.3, 0.4) is 0 Å². The summed E-state index contributed by atoms with van der Waals surface area (Å²) in [6.45, 7) is 4.08. The zero-order valence-electron chi connectivity index (χ0n) is 12.5. The Hall–Kier alpha value is -2.39. The molecule has 2 aromatic carbocycles. The maximum absolute atomic E-state index is 6.01. The van der Waals surface area contributed by atoms with Crippen molar-refractivity contribution < 1.29 is 0 Å². The Labute approximate surface area is 134 Å². The fourth-order valence-electron chi connectivity index (χ4n) is 2.40. The van der Waals surface area contributed by atoms with Gasteiger partial charge in [0.05, 0.1) is 16.9 Å². The number of nitrogens with one attached hydrogen (secondary N) is 1. The summed E-state index contributed by atoms with van der Waals surface area (Å²) in [7, 11) is 0. The molecule has 1 N–H and O–H groups in total. The molecule has 0 saturated carbocycles. The molecule has 3 rings (SSSR count). The second-order valence-corrected chi connectivity index (χ2v) is 5.58. The van der Waals surface area contributed by atoms with Gasteiger partial charge in [0.15, 0.2) is 0 Å². The summed E-state index contributed by atoms with van der Waals surface area (Å²) in [4.78, 5) is 4.33. The number of anilines is 1. The Bertz CT molecular complexity index is 856. The number of benzene rings is 2. The van der Waals surface area contributed by atoms with E-state index in [-0.39, 0.29) is 0 Å². The van der Waals surface area contributed by atoms with Crippen LogP contribution in [0.4, 0.5) is 5.69 Å². The minimum atomic E-state index is 0.678. The van der Waals surface area contributed by atoms with E-state index in [4.69, 9.17) is 11.6 Å². The van der Waals surface area contributed by atoms with Gasteiger partial charge in [0.25, 0.3) is 0 Å². The van der Waals surface area contributed by atoms with E-state index < -0.39 is 0 Å². The molecule has 110 valence electrons. The molecular formula is C18H16ClN3. The van der Waals surface area contributed by atoms with Gasteiger partial charge in [-0.05, 0) is 43.7 Å². The molecule has 0 amide bonds. The second-order valence-electron chi connectivity index (χ2n) is 5.14. The highest BCUT2D eigenvalue weighted by atomic mass is 35.5. The molecule has 4 heteroatoms. The van der Waals surface area contributed by atoms with Gasteiger partial charge in [-0.2, -0.15) is 5.10 Å². The van der Waals surface area contributed by atoms with Crippen LogP contribution in [0.5, 0.6) is 0 Å². The first-order valence-electron chi connectivity index (χ1n) is 7.06. The van der Waals surface area contributed by atoms with Crippen molar-refractivity contribution in [2.45, 2.75) is 13.8 Å². The molecule has 1 heterocycles. The van der Waals surface area contributed by atoms with Crippen LogP contribution in [0, 0.1) is 6.92 Å². The van der Waals surface area contributed by atoms with E-state index in [0.717, 1.165) is 27.9 Å². The number of pyridine rings is 1. The van der Waals surface area contributed by atoms with E-state index in [1.54, 1.807) is 6.20 Å². The third-order valence-corrected chi connectivity index (χ3v) is 3.82. The summed E-state index contributed by atoms with van der Waals surface area (Å²) in [5, 5.41) is 6.18. The van der Waals surface area contributed by atoms with Crippen LogP contribution in [0.2, 0.25) is 5.02 Å². The highest BCUT2D eigenvalue weighted by molar-refractivity contribution is 6.31. The summed E-state index contributed by atoms with van der Waals surface area (Å²) < 4.78 is 0. The van der Waals surface area contributed by atoms with Gasteiger partial charge in [0, 0.05) is 22.2 Å². The van der Waals surface area contributed by atoms with Crippen molar-refractivity contribution in [3.05, 3.63) is 70.9 Å². The zero-order chi connectivity index (χ0) is 15.5. The van der Waals surface area contributed by atoms with Gasteiger partial charge in [0.1, 0.15) is 0 Å². The predicted molar refractivity (Wildman–Crippen MR) is 93.8 cm³/mol. The van der Waals surface area contributed by atoms with Crippen molar-refractivity contribution in [3.8, 4) is 0 Å². The topological polar surface area (TPSA) is 37.3 Å². The molecule has 0 unspecified atom stereocenters. The SMILES string of the molecule is C/C(=N/Nc1ccnc2cc(Cl)ccc12)c1ccccc1C. The Morgan fingerprint density at radius 2 is 1.95 bits per heavy atom. The number of fused-ring (bicyclic) bond motifs is 1. The van der Waals surface area contributed by atoms with Crippen molar-refractivity contribution >= 4 is 33.9 Å². The summed E-state index contributed by atoms with van der Waals surface area (Å²) in [6, 6.07) is 15.8. The number of rotatable bonds is 3. The Morgan fingerprint density at radius 3 is 2.77 bits per heavy atom. The number of halogens is 1. The van der Waals surface area contributed by atoms with Crippen molar-refractivity contribution in [1.82, 2.24) is 4.98 Å². The molecule has 22 heavy (non-hydrogen) atoms. The maximum Gasteiger partial charge on any atom is 0.0738 e. The van der Waals surface area contributed by atoms with Crippen LogP contribution in [-0.4, -0.2) is 10.7 Å². The van der Waals surface area contributed by atoms with Crippen molar-refractivity contribution in [2.75, 3.05) is 5.43 Å². The molecule has 0 aliphatic carbocycles. The molecule has 0 radical (unpaired) electrons. The number of hydrogen-bond donors (Lipinski definition) is 1. The maximum atomic E-state index is 6.01. The van der Waals surface area contributed by atoms with Crippen LogP contribution < -0.4 is 5.43 Å². The molecule has 0 atom stereocenters. The molecule has 3 nitrogen and oxygen atoms in total. The summed E-state index contributed by atoms with van der Waals surface area (Å²) in [5.74, 6) is 0. The van der Waals surface area contributed by atoms with E-state index in [2.05, 4.69) is 34.6 Å². The van der Waals surface area contributed by atoms with Crippen molar-refractivity contribution in [3.63, 3.8) is 0 Å². The van der Waals surface area contributed by atoms with Gasteiger partial charge in [-0.15, -0.1) is 0 Å². The molecule has 0 fully saturated rings. The van der Waals surface area contributed by atoms with E-state index in [1.165, 1.54) is 5.56 Å². The Morgan fingerprint density at radius 1 is 1.14 bits per heavy atom. The summed E-state index contributed by atoms with van der Waals surface area (Å²) in [6.07, 6.45) is 1.75. The lowest BCUT2D eigenvalue weighted by Crippen LogP contribution is -2.02. The third kappa shape index (κ3) is 2.95. The zero-order valence-corrected chi connectivity index (χ0v) is 13.2. The van der Waals surface area contributed by atoms with Gasteiger partial charge in [0.2, 0.25) is 0 Å². The van der Waals surface area contributed by atoms with Crippen molar-refractivity contribution in [2.24, 2.45) is 5.10 Å². The largest absolute Gasteiger partial charge is 0.277 e. The van der Waals surface area contributed by atoms with Crippen LogP contribution >= 0.6 is 11.6 Å². The fourth-order valence-corrected chi connectivity index (χ4v) is 2.57. The molecule has 0 spiro atoms. The second kappa shape index (κ2) is 6.16. The average molecular weight is 310 g/mol. The van der Waals surface area contributed by atoms with E-state index in [0.29, 0.717) is 5.02 Å². The first-order valence-corrected chi connectivity index (χ1v) is 7.43. The van der Waals surface area contributed by atoms with Gasteiger partial charge in [-0.1, -0.05) is 35.9 Å². The summed E-state index contributed by atoms with van der Waals surface area (Å²) in [5.41, 5.74) is 8.18. The molecular weight excluding hydrogens is 294 g/mol. The number of hydrazone groups is 1. The first kappa shape index (κ1) is 14.5. The standard InChI is InChI=1S/C18H16ClN3/c1-12-5-3-4-6-15(12)13(2)21-22-17-9-10-20-18-11-14(19)7-8-16(17)18/h3-11H,1-2H3,(H,20,22)/b21-13-. The predicted octanol–water partition coefficient (Wildman–Crippen LogP) is 5.03. The quantitative estimate of drug-likeness (QED) is 0.544. The lowest BCUT2D eigenvalue weighted by atomic mass is 10.1. The minimum Gasteiger partial charge on any atom is -0.277 e. The third-order valence-electron chi connectivity index (χ3n) is 3.58. The average Bonchev–Trinajstić information content (AvgIpc) is 2.52. The first-order chi connectivity index (χ1) is 10.6. The number of aryl methyl sites for hydroxylation is 1. The normalized spacial score (nSPS) is 11.7. The smallest absolute Gasteiger partial charge is 0.0738 e. The van der Waals surface area contributed by atoms with Gasteiger partial charge >= 0.3 is 0 Å². The van der Waals surface area contributed by atoms with Gasteiger partial charge < -0.3 is 0 Å². The molecule has 1 aromatic heterocycles. The van der Waals surface area contributed by atoms with Crippen LogP contribution in [0.25, 0.3) is 10.9 Å². The lowest BCUT2D eigenvalue weighted by molar-refractivity contribution is 1.30. The lowest BCUT2D eigenvalue weighted by Gasteiger charge is -2.08. The molecule has 0 bridgehead atoms. The highest BCUT2D eigenvalue weighted by Gasteiger charge is 2.04. The summed E-state index contributed by atoms with van der Waals surface area (Å²) >= 11 is 6.01. The fraction of sp³-hybridized carbons (Fsp3) is 0.111. The number of hydrogen-bond acceptors (Lipinski definition) is 3. The molecule has 3 aromatic rings. The van der Waals surface area contributed by atoms with Crippen LogP contribution in [0.15, 0.2) is 59.8 Å². The molecule has 0 aliphatic rings. The highest BCUT2D eigenvalue weighted by Crippen LogP contribution is 2.24. The van der Waals surface area contributed by atoms with Gasteiger partial charge in [-0.3, -0.25) is 10.4 Å². The van der Waals surface area contributed by atoms with Crippen LogP contribution in [0.1, 0.15) is 18.1 Å². The minimum absolute atomic E-state index is 0.678. The van der Waals surface area contributed by atoms with E-state index >= 15 is 0 Å².